The summed E-state index contributed by atoms with van der Waals surface area (Å²) in [4.78, 5) is 23.8. The molecule has 1 saturated carbocycles. The van der Waals surface area contributed by atoms with E-state index in [4.69, 9.17) is 5.11 Å². The molecule has 1 rings (SSSR count). The van der Waals surface area contributed by atoms with Crippen LogP contribution in [0.5, 0.6) is 0 Å². The molecular weight excluding hydrogens is 194 g/mol. The highest BCUT2D eigenvalue weighted by molar-refractivity contribution is 5.81. The lowest BCUT2D eigenvalue weighted by atomic mass is 10.2. The van der Waals surface area contributed by atoms with Gasteiger partial charge in [-0.1, -0.05) is 19.8 Å². The maximum Gasteiger partial charge on any atom is 0.323 e. The quantitative estimate of drug-likeness (QED) is 0.654. The topological polar surface area (TPSA) is 57.6 Å². The SMILES string of the molecule is CCCCCC(=O)N(CC(=O)O)C1CC1. The molecule has 1 N–H and O–H groups in total. The molecule has 1 fully saturated rings. The molecule has 1 aliphatic rings. The Kier molecular flexibility index (Phi) is 4.59. The standard InChI is InChI=1S/C11H19NO3/c1-2-3-4-5-10(13)12(8-11(14)15)9-6-7-9/h9H,2-8H2,1H3,(H,14,15). The van der Waals surface area contributed by atoms with Crippen LogP contribution in [0.25, 0.3) is 0 Å². The highest BCUT2D eigenvalue weighted by Gasteiger charge is 2.33. The van der Waals surface area contributed by atoms with Crippen molar-refractivity contribution in [2.24, 2.45) is 0 Å². The summed E-state index contributed by atoms with van der Waals surface area (Å²) in [5.74, 6) is -0.904. The van der Waals surface area contributed by atoms with Crippen LogP contribution >= 0.6 is 0 Å². The number of carbonyl (C=O) groups is 2. The third-order valence-corrected chi connectivity index (χ3v) is 2.61. The van der Waals surface area contributed by atoms with Crippen molar-refractivity contribution in [3.05, 3.63) is 0 Å². The van der Waals surface area contributed by atoms with E-state index in [0.717, 1.165) is 32.1 Å². The summed E-state index contributed by atoms with van der Waals surface area (Å²) in [6, 6.07) is 0.204. The molecule has 0 radical (unpaired) electrons. The summed E-state index contributed by atoms with van der Waals surface area (Å²) in [5, 5.41) is 8.69. The van der Waals surface area contributed by atoms with E-state index in [1.165, 1.54) is 4.90 Å². The van der Waals surface area contributed by atoms with Gasteiger partial charge in [0.15, 0.2) is 0 Å². The number of hydrogen-bond acceptors (Lipinski definition) is 2. The molecule has 1 aliphatic carbocycles. The maximum absolute atomic E-state index is 11.7. The van der Waals surface area contributed by atoms with Crippen molar-refractivity contribution < 1.29 is 14.7 Å². The lowest BCUT2D eigenvalue weighted by Gasteiger charge is -2.19. The minimum atomic E-state index is -0.911. The Morgan fingerprint density at radius 2 is 2.00 bits per heavy atom. The predicted octanol–water partition coefficient (Wildman–Crippen LogP) is 1.64. The van der Waals surface area contributed by atoms with Gasteiger partial charge in [0.05, 0.1) is 0 Å². The fraction of sp³-hybridized carbons (Fsp3) is 0.818. The number of carbonyl (C=O) groups excluding carboxylic acids is 1. The molecule has 1 amide bonds. The lowest BCUT2D eigenvalue weighted by Crippen LogP contribution is -2.37. The molecule has 86 valence electrons. The van der Waals surface area contributed by atoms with Gasteiger partial charge in [0.2, 0.25) is 5.91 Å². The van der Waals surface area contributed by atoms with E-state index in [-0.39, 0.29) is 18.5 Å². The zero-order chi connectivity index (χ0) is 11.3. The minimum Gasteiger partial charge on any atom is -0.480 e. The maximum atomic E-state index is 11.7. The van der Waals surface area contributed by atoms with E-state index in [1.807, 2.05) is 0 Å². The van der Waals surface area contributed by atoms with E-state index in [9.17, 15) is 9.59 Å². The van der Waals surface area contributed by atoms with Crippen LogP contribution in [-0.2, 0) is 9.59 Å². The molecule has 0 aromatic heterocycles. The van der Waals surface area contributed by atoms with Crippen LogP contribution in [-0.4, -0.2) is 34.5 Å². The summed E-state index contributed by atoms with van der Waals surface area (Å²) >= 11 is 0. The van der Waals surface area contributed by atoms with Crippen LogP contribution in [0.15, 0.2) is 0 Å². The number of hydrogen-bond donors (Lipinski definition) is 1. The Labute approximate surface area is 90.3 Å². The van der Waals surface area contributed by atoms with E-state index >= 15 is 0 Å². The molecule has 4 heteroatoms. The number of carboxylic acids is 1. The molecule has 0 heterocycles. The monoisotopic (exact) mass is 213 g/mol. The minimum absolute atomic E-state index is 0.00773. The van der Waals surface area contributed by atoms with E-state index in [2.05, 4.69) is 6.92 Å². The summed E-state index contributed by atoms with van der Waals surface area (Å²) in [7, 11) is 0. The Morgan fingerprint density at radius 1 is 1.33 bits per heavy atom. The van der Waals surface area contributed by atoms with Crippen molar-refractivity contribution in [2.45, 2.75) is 51.5 Å². The van der Waals surface area contributed by atoms with Crippen molar-refractivity contribution in [1.82, 2.24) is 4.90 Å². The third-order valence-electron chi connectivity index (χ3n) is 2.61. The number of aliphatic carboxylic acids is 1. The third kappa shape index (κ3) is 4.32. The van der Waals surface area contributed by atoms with E-state index in [0.29, 0.717) is 6.42 Å². The zero-order valence-corrected chi connectivity index (χ0v) is 9.24. The Balaban J connectivity index is 2.34. The number of rotatable bonds is 7. The van der Waals surface area contributed by atoms with Crippen LogP contribution in [0.3, 0.4) is 0 Å². The fourth-order valence-corrected chi connectivity index (χ4v) is 1.62. The van der Waals surface area contributed by atoms with E-state index in [1.54, 1.807) is 0 Å². The van der Waals surface area contributed by atoms with Gasteiger partial charge in [-0.2, -0.15) is 0 Å². The average molecular weight is 213 g/mol. The highest BCUT2D eigenvalue weighted by atomic mass is 16.4. The van der Waals surface area contributed by atoms with Crippen LogP contribution in [0.4, 0.5) is 0 Å². The van der Waals surface area contributed by atoms with Gasteiger partial charge in [-0.15, -0.1) is 0 Å². The van der Waals surface area contributed by atoms with Crippen LogP contribution in [0, 0.1) is 0 Å². The van der Waals surface area contributed by atoms with Crippen LogP contribution < -0.4 is 0 Å². The van der Waals surface area contributed by atoms with Crippen molar-refractivity contribution >= 4 is 11.9 Å². The van der Waals surface area contributed by atoms with E-state index < -0.39 is 5.97 Å². The molecule has 0 aromatic carbocycles. The van der Waals surface area contributed by atoms with Gasteiger partial charge < -0.3 is 10.0 Å². The molecule has 0 spiro atoms. The normalized spacial score (nSPS) is 15.0. The molecule has 0 unspecified atom stereocenters. The summed E-state index contributed by atoms with van der Waals surface area (Å²) in [6.07, 6.45) is 5.42. The summed E-state index contributed by atoms with van der Waals surface area (Å²) in [6.45, 7) is 1.95. The Hall–Kier alpha value is -1.06. The largest absolute Gasteiger partial charge is 0.480 e. The first-order valence-corrected chi connectivity index (χ1v) is 5.66. The number of nitrogens with zero attached hydrogens (tertiary/aromatic N) is 1. The molecule has 0 saturated heterocycles. The summed E-state index contributed by atoms with van der Waals surface area (Å²) in [5.41, 5.74) is 0. The van der Waals surface area contributed by atoms with Crippen molar-refractivity contribution in [2.75, 3.05) is 6.54 Å². The van der Waals surface area contributed by atoms with Gasteiger partial charge in [-0.3, -0.25) is 9.59 Å². The first kappa shape index (κ1) is 12.0. The number of amides is 1. The molecule has 15 heavy (non-hydrogen) atoms. The van der Waals surface area contributed by atoms with Crippen LogP contribution in [0.1, 0.15) is 45.4 Å². The Morgan fingerprint density at radius 3 is 2.47 bits per heavy atom. The summed E-state index contributed by atoms with van der Waals surface area (Å²) < 4.78 is 0. The second kappa shape index (κ2) is 5.73. The van der Waals surface area contributed by atoms with Gasteiger partial charge in [0, 0.05) is 12.5 Å². The first-order valence-electron chi connectivity index (χ1n) is 5.66. The average Bonchev–Trinajstić information content (AvgIpc) is 2.97. The van der Waals surface area contributed by atoms with Gasteiger partial charge in [0.25, 0.3) is 0 Å². The van der Waals surface area contributed by atoms with Gasteiger partial charge in [0.1, 0.15) is 6.54 Å². The van der Waals surface area contributed by atoms with Gasteiger partial charge in [-0.05, 0) is 19.3 Å². The van der Waals surface area contributed by atoms with Crippen molar-refractivity contribution in [3.63, 3.8) is 0 Å². The lowest BCUT2D eigenvalue weighted by molar-refractivity contribution is -0.145. The van der Waals surface area contributed by atoms with Crippen LogP contribution in [0.2, 0.25) is 0 Å². The molecule has 0 atom stereocenters. The second-order valence-electron chi connectivity index (χ2n) is 4.10. The van der Waals surface area contributed by atoms with Gasteiger partial charge in [-0.25, -0.2) is 0 Å². The highest BCUT2D eigenvalue weighted by Crippen LogP contribution is 2.27. The molecular formula is C11H19NO3. The number of unbranched alkanes of at least 4 members (excludes halogenated alkanes) is 2. The molecule has 0 aliphatic heterocycles. The molecule has 4 nitrogen and oxygen atoms in total. The predicted molar refractivity (Wildman–Crippen MR) is 56.5 cm³/mol. The molecule has 0 bridgehead atoms. The fourth-order valence-electron chi connectivity index (χ4n) is 1.62. The van der Waals surface area contributed by atoms with Gasteiger partial charge >= 0.3 is 5.97 Å². The van der Waals surface area contributed by atoms with Crippen molar-refractivity contribution in [3.8, 4) is 0 Å². The van der Waals surface area contributed by atoms with Crippen molar-refractivity contribution in [1.29, 1.82) is 0 Å². The number of carboxylic acid groups (broad SMARTS) is 1. The second-order valence-corrected chi connectivity index (χ2v) is 4.10. The first-order chi connectivity index (χ1) is 7.15. The zero-order valence-electron chi connectivity index (χ0n) is 9.24. The molecule has 0 aromatic rings. The smallest absolute Gasteiger partial charge is 0.323 e. The Bertz CT molecular complexity index is 236.